The molecule has 2 aromatic rings. The van der Waals surface area contributed by atoms with Gasteiger partial charge in [0, 0.05) is 49.3 Å². The van der Waals surface area contributed by atoms with E-state index in [-0.39, 0.29) is 30.8 Å². The van der Waals surface area contributed by atoms with Gasteiger partial charge in [-0.3, -0.25) is 9.59 Å². The zero-order valence-electron chi connectivity index (χ0n) is 16.1. The normalized spacial score (nSPS) is 23.9. The maximum Gasteiger partial charge on any atom is 0.272 e. The number of nitrogens with zero attached hydrogens (tertiary/aromatic N) is 4. The second-order valence-corrected chi connectivity index (χ2v) is 7.95. The molecule has 0 aliphatic carbocycles. The van der Waals surface area contributed by atoms with Crippen molar-refractivity contribution in [2.45, 2.75) is 20.3 Å². The van der Waals surface area contributed by atoms with Crippen LogP contribution in [0.15, 0.2) is 28.8 Å². The highest BCUT2D eigenvalue weighted by molar-refractivity contribution is 5.92. The molecule has 2 aliphatic rings. The molecule has 2 fully saturated rings. The first kappa shape index (κ1) is 18.6. The minimum absolute atomic E-state index is 0.0448. The number of hydrogen-bond donors (Lipinski definition) is 1. The van der Waals surface area contributed by atoms with Crippen molar-refractivity contribution in [2.75, 3.05) is 32.8 Å². The van der Waals surface area contributed by atoms with Crippen LogP contribution in [0.2, 0.25) is 0 Å². The summed E-state index contributed by atoms with van der Waals surface area (Å²) < 4.78 is 5.14. The third-order valence-electron chi connectivity index (χ3n) is 5.82. The van der Waals surface area contributed by atoms with Crippen LogP contribution >= 0.6 is 0 Å². The molecule has 4 rings (SSSR count). The number of hydrogen-bond acceptors (Lipinski definition) is 6. The van der Waals surface area contributed by atoms with Gasteiger partial charge in [0.1, 0.15) is 11.5 Å². The van der Waals surface area contributed by atoms with E-state index in [2.05, 4.69) is 10.1 Å². The van der Waals surface area contributed by atoms with Gasteiger partial charge in [-0.25, -0.2) is 4.98 Å². The molecule has 0 spiro atoms. The largest absolute Gasteiger partial charge is 0.396 e. The number of likely N-dealkylation sites (tertiary alicyclic amines) is 2. The number of carbonyl (C=O) groups excluding carboxylic acids is 2. The Morgan fingerprint density at radius 3 is 2.61 bits per heavy atom. The average Bonchev–Trinajstić information content (AvgIpc) is 3.33. The molecule has 1 N–H and O–H groups in total. The van der Waals surface area contributed by atoms with E-state index in [9.17, 15) is 14.7 Å². The molecule has 0 saturated carbocycles. The molecule has 148 valence electrons. The number of amides is 2. The Bertz CT molecular complexity index is 911. The van der Waals surface area contributed by atoms with Gasteiger partial charge in [0.05, 0.1) is 18.7 Å². The topological polar surface area (TPSA) is 99.8 Å². The summed E-state index contributed by atoms with van der Waals surface area (Å²) in [7, 11) is 0. The molecule has 4 heterocycles. The SMILES string of the molecule is Cc1cc(CC(=O)N2CC3CN(C(=O)c4cccc(C)n4)CC3(CO)C2)on1. The minimum Gasteiger partial charge on any atom is -0.396 e. The number of aryl methyl sites for hydroxylation is 2. The summed E-state index contributed by atoms with van der Waals surface area (Å²) in [6.07, 6.45) is 0.158. The highest BCUT2D eigenvalue weighted by Gasteiger charge is 2.54. The number of aromatic nitrogens is 2. The number of carbonyl (C=O) groups is 2. The quantitative estimate of drug-likeness (QED) is 0.838. The molecular weight excluding hydrogens is 360 g/mol. The molecule has 2 atom stereocenters. The monoisotopic (exact) mass is 384 g/mol. The lowest BCUT2D eigenvalue weighted by Gasteiger charge is -2.27. The molecule has 0 aromatic carbocycles. The van der Waals surface area contributed by atoms with Gasteiger partial charge in [-0.05, 0) is 26.0 Å². The van der Waals surface area contributed by atoms with Crippen LogP contribution in [-0.4, -0.2) is 69.6 Å². The summed E-state index contributed by atoms with van der Waals surface area (Å²) in [6.45, 7) is 5.50. The van der Waals surface area contributed by atoms with Crippen LogP contribution in [0.3, 0.4) is 0 Å². The summed E-state index contributed by atoms with van der Waals surface area (Å²) >= 11 is 0. The van der Waals surface area contributed by atoms with Crippen molar-refractivity contribution in [3.63, 3.8) is 0 Å². The second-order valence-electron chi connectivity index (χ2n) is 7.95. The van der Waals surface area contributed by atoms with Crippen LogP contribution in [0.25, 0.3) is 0 Å². The lowest BCUT2D eigenvalue weighted by atomic mass is 9.82. The zero-order valence-corrected chi connectivity index (χ0v) is 16.1. The first-order valence-corrected chi connectivity index (χ1v) is 9.44. The van der Waals surface area contributed by atoms with Crippen molar-refractivity contribution in [1.29, 1.82) is 0 Å². The fourth-order valence-electron chi connectivity index (χ4n) is 4.33. The average molecular weight is 384 g/mol. The van der Waals surface area contributed by atoms with Gasteiger partial charge in [0.25, 0.3) is 5.91 Å². The summed E-state index contributed by atoms with van der Waals surface area (Å²) in [5, 5.41) is 13.9. The molecule has 2 unspecified atom stereocenters. The zero-order chi connectivity index (χ0) is 19.9. The predicted octanol–water partition coefficient (Wildman–Crippen LogP) is 0.822. The van der Waals surface area contributed by atoms with Crippen LogP contribution < -0.4 is 0 Å². The number of pyridine rings is 1. The summed E-state index contributed by atoms with van der Waals surface area (Å²) in [5.74, 6) is 0.421. The van der Waals surface area contributed by atoms with Gasteiger partial charge >= 0.3 is 0 Å². The summed E-state index contributed by atoms with van der Waals surface area (Å²) in [6, 6.07) is 7.14. The van der Waals surface area contributed by atoms with Crippen LogP contribution in [-0.2, 0) is 11.2 Å². The van der Waals surface area contributed by atoms with E-state index in [0.29, 0.717) is 37.6 Å². The third kappa shape index (κ3) is 3.28. The number of rotatable bonds is 4. The van der Waals surface area contributed by atoms with Gasteiger partial charge in [-0.1, -0.05) is 11.2 Å². The Balaban J connectivity index is 1.44. The molecule has 2 amide bonds. The molecular formula is C20H24N4O4. The molecule has 2 aliphatic heterocycles. The van der Waals surface area contributed by atoms with E-state index < -0.39 is 5.41 Å². The van der Waals surface area contributed by atoms with Crippen LogP contribution in [0, 0.1) is 25.2 Å². The molecule has 8 nitrogen and oxygen atoms in total. The van der Waals surface area contributed by atoms with E-state index in [1.807, 2.05) is 26.0 Å². The first-order chi connectivity index (χ1) is 13.4. The van der Waals surface area contributed by atoms with Crippen LogP contribution in [0.1, 0.15) is 27.6 Å². The van der Waals surface area contributed by atoms with E-state index in [4.69, 9.17) is 4.52 Å². The van der Waals surface area contributed by atoms with E-state index >= 15 is 0 Å². The van der Waals surface area contributed by atoms with E-state index in [1.54, 1.807) is 21.9 Å². The first-order valence-electron chi connectivity index (χ1n) is 9.44. The summed E-state index contributed by atoms with van der Waals surface area (Å²) in [5.41, 5.74) is 1.47. The van der Waals surface area contributed by atoms with Crippen LogP contribution in [0.5, 0.6) is 0 Å². The van der Waals surface area contributed by atoms with E-state index in [1.165, 1.54) is 0 Å². The Morgan fingerprint density at radius 1 is 1.21 bits per heavy atom. The van der Waals surface area contributed by atoms with Crippen molar-refractivity contribution in [3.05, 3.63) is 47.1 Å². The molecule has 0 radical (unpaired) electrons. The van der Waals surface area contributed by atoms with Crippen molar-refractivity contribution in [1.82, 2.24) is 19.9 Å². The van der Waals surface area contributed by atoms with Gasteiger partial charge in [-0.15, -0.1) is 0 Å². The Morgan fingerprint density at radius 2 is 1.96 bits per heavy atom. The summed E-state index contributed by atoms with van der Waals surface area (Å²) in [4.78, 5) is 33.3. The van der Waals surface area contributed by atoms with E-state index in [0.717, 1.165) is 11.4 Å². The molecule has 28 heavy (non-hydrogen) atoms. The minimum atomic E-state index is -0.480. The molecule has 8 heteroatoms. The van der Waals surface area contributed by atoms with Crippen molar-refractivity contribution in [3.8, 4) is 0 Å². The number of aliphatic hydroxyl groups is 1. The maximum atomic E-state index is 12.8. The lowest BCUT2D eigenvalue weighted by molar-refractivity contribution is -0.130. The van der Waals surface area contributed by atoms with Crippen LogP contribution in [0.4, 0.5) is 0 Å². The fourth-order valence-corrected chi connectivity index (χ4v) is 4.33. The smallest absolute Gasteiger partial charge is 0.272 e. The van der Waals surface area contributed by atoms with Gasteiger partial charge < -0.3 is 19.4 Å². The highest BCUT2D eigenvalue weighted by Crippen LogP contribution is 2.42. The van der Waals surface area contributed by atoms with Gasteiger partial charge in [-0.2, -0.15) is 0 Å². The van der Waals surface area contributed by atoms with Crippen molar-refractivity contribution < 1.29 is 19.2 Å². The van der Waals surface area contributed by atoms with Gasteiger partial charge in [0.15, 0.2) is 0 Å². The number of aliphatic hydroxyl groups excluding tert-OH is 1. The second kappa shape index (κ2) is 7.01. The molecule has 2 saturated heterocycles. The molecule has 0 bridgehead atoms. The Kier molecular flexibility index (Phi) is 4.66. The Labute approximate surface area is 163 Å². The lowest BCUT2D eigenvalue weighted by Crippen LogP contribution is -2.41. The number of fused-ring (bicyclic) bond motifs is 1. The predicted molar refractivity (Wildman–Crippen MR) is 99.4 cm³/mol. The van der Waals surface area contributed by atoms with Crippen molar-refractivity contribution >= 4 is 11.8 Å². The third-order valence-corrected chi connectivity index (χ3v) is 5.82. The standard InChI is InChI=1S/C20H24N4O4/c1-13-4-3-5-17(21-13)19(27)24-9-15-8-23(10-20(15,11-24)12-25)18(26)7-16-6-14(2)22-28-16/h3-6,15,25H,7-12H2,1-2H3. The maximum absolute atomic E-state index is 12.8. The molecule has 2 aromatic heterocycles. The highest BCUT2D eigenvalue weighted by atomic mass is 16.5. The van der Waals surface area contributed by atoms with Gasteiger partial charge in [0.2, 0.25) is 5.91 Å². The fraction of sp³-hybridized carbons (Fsp3) is 0.500. The Hall–Kier alpha value is -2.74. The van der Waals surface area contributed by atoms with Crippen molar-refractivity contribution in [2.24, 2.45) is 11.3 Å².